The third-order valence-electron chi connectivity index (χ3n) is 3.42. The third-order valence-corrected chi connectivity index (χ3v) is 4.31. The van der Waals surface area contributed by atoms with Gasteiger partial charge in [-0.3, -0.25) is 4.98 Å². The fraction of sp³-hybridized carbons (Fsp3) is 0. The summed E-state index contributed by atoms with van der Waals surface area (Å²) in [4.78, 5) is 12.7. The number of pyridine rings is 1. The van der Waals surface area contributed by atoms with Crippen LogP contribution < -0.4 is 4.74 Å². The minimum Gasteiger partial charge on any atom is -0.434 e. The van der Waals surface area contributed by atoms with Crippen molar-refractivity contribution in [3.8, 4) is 23.0 Å². The van der Waals surface area contributed by atoms with Crippen LogP contribution in [0.1, 0.15) is 0 Å². The van der Waals surface area contributed by atoms with Crippen LogP contribution in [-0.4, -0.2) is 15.0 Å². The first-order valence-electron chi connectivity index (χ1n) is 7.10. The van der Waals surface area contributed by atoms with Crippen LogP contribution >= 0.6 is 11.3 Å². The molecule has 1 aromatic carbocycles. The van der Waals surface area contributed by atoms with Gasteiger partial charge in [-0.2, -0.15) is 9.37 Å². The van der Waals surface area contributed by atoms with Crippen molar-refractivity contribution < 1.29 is 17.9 Å². The van der Waals surface area contributed by atoms with Crippen molar-refractivity contribution in [2.24, 2.45) is 0 Å². The van der Waals surface area contributed by atoms with Crippen LogP contribution in [0.5, 0.6) is 11.6 Å². The molecule has 3 aromatic heterocycles. The second kappa shape index (κ2) is 6.14. The van der Waals surface area contributed by atoms with Crippen molar-refractivity contribution in [2.75, 3.05) is 0 Å². The standard InChI is InChI=1S/C17H8F3N3OS/c18-10-1-2-12(14(20)13(10)19)24-17-15-11(5-8-25-15)22-16(23-17)9-3-6-21-7-4-9/h1-8H. The average molecular weight is 359 g/mol. The number of halogens is 3. The highest BCUT2D eigenvalue weighted by molar-refractivity contribution is 7.17. The number of thiophene rings is 1. The van der Waals surface area contributed by atoms with Crippen molar-refractivity contribution in [3.63, 3.8) is 0 Å². The van der Waals surface area contributed by atoms with E-state index in [-0.39, 0.29) is 5.88 Å². The molecule has 0 fully saturated rings. The van der Waals surface area contributed by atoms with E-state index in [9.17, 15) is 13.2 Å². The highest BCUT2D eigenvalue weighted by Crippen LogP contribution is 2.34. The lowest BCUT2D eigenvalue weighted by atomic mass is 10.2. The summed E-state index contributed by atoms with van der Waals surface area (Å²) >= 11 is 1.30. The van der Waals surface area contributed by atoms with Crippen LogP contribution in [0.4, 0.5) is 13.2 Å². The summed E-state index contributed by atoms with van der Waals surface area (Å²) < 4.78 is 46.4. The van der Waals surface area contributed by atoms with E-state index < -0.39 is 23.2 Å². The summed E-state index contributed by atoms with van der Waals surface area (Å²) in [6, 6.07) is 7.01. The summed E-state index contributed by atoms with van der Waals surface area (Å²) in [5.74, 6) is -4.32. The van der Waals surface area contributed by atoms with Gasteiger partial charge in [0.25, 0.3) is 0 Å². The number of fused-ring (bicyclic) bond motifs is 1. The number of hydrogen-bond donors (Lipinski definition) is 0. The van der Waals surface area contributed by atoms with Gasteiger partial charge in [-0.25, -0.2) is 13.8 Å². The van der Waals surface area contributed by atoms with Gasteiger partial charge in [0.05, 0.1) is 5.52 Å². The molecule has 4 aromatic rings. The van der Waals surface area contributed by atoms with Crippen molar-refractivity contribution in [3.05, 3.63) is 65.6 Å². The number of benzene rings is 1. The molecule has 0 aliphatic heterocycles. The Morgan fingerprint density at radius 3 is 2.48 bits per heavy atom. The molecule has 0 unspecified atom stereocenters. The summed E-state index contributed by atoms with van der Waals surface area (Å²) in [6.07, 6.45) is 3.18. The quantitative estimate of drug-likeness (QED) is 0.485. The van der Waals surface area contributed by atoms with Crippen LogP contribution in [-0.2, 0) is 0 Å². The highest BCUT2D eigenvalue weighted by Gasteiger charge is 2.18. The largest absolute Gasteiger partial charge is 0.434 e. The average Bonchev–Trinajstić information content (AvgIpc) is 3.12. The molecule has 0 atom stereocenters. The van der Waals surface area contributed by atoms with E-state index in [0.717, 1.165) is 12.1 Å². The van der Waals surface area contributed by atoms with Gasteiger partial charge in [0.1, 0.15) is 4.70 Å². The number of hydrogen-bond acceptors (Lipinski definition) is 5. The van der Waals surface area contributed by atoms with Gasteiger partial charge in [0.2, 0.25) is 11.7 Å². The lowest BCUT2D eigenvalue weighted by molar-refractivity contribution is 0.389. The molecule has 0 aliphatic carbocycles. The molecule has 25 heavy (non-hydrogen) atoms. The monoisotopic (exact) mass is 359 g/mol. The molecule has 0 bridgehead atoms. The molecule has 8 heteroatoms. The minimum absolute atomic E-state index is 0.0664. The molecule has 0 N–H and O–H groups in total. The Bertz CT molecular complexity index is 1070. The predicted molar refractivity (Wildman–Crippen MR) is 87.0 cm³/mol. The Labute approximate surface area is 143 Å². The highest BCUT2D eigenvalue weighted by atomic mass is 32.1. The normalized spacial score (nSPS) is 11.0. The molecule has 0 saturated carbocycles. The number of ether oxygens (including phenoxy) is 1. The molecular formula is C17H8F3N3OS. The zero-order chi connectivity index (χ0) is 17.4. The van der Waals surface area contributed by atoms with E-state index in [4.69, 9.17) is 4.74 Å². The smallest absolute Gasteiger partial charge is 0.241 e. The minimum atomic E-state index is -1.59. The molecule has 4 nitrogen and oxygen atoms in total. The molecule has 0 saturated heterocycles. The first-order chi connectivity index (χ1) is 12.1. The predicted octanol–water partition coefficient (Wildman–Crippen LogP) is 4.96. The Hall–Kier alpha value is -3.00. The van der Waals surface area contributed by atoms with Gasteiger partial charge < -0.3 is 4.74 Å². The zero-order valence-electron chi connectivity index (χ0n) is 12.4. The van der Waals surface area contributed by atoms with Gasteiger partial charge >= 0.3 is 0 Å². The van der Waals surface area contributed by atoms with Gasteiger partial charge in [-0.1, -0.05) is 0 Å². The molecule has 0 spiro atoms. The fourth-order valence-corrected chi connectivity index (χ4v) is 2.98. The third kappa shape index (κ3) is 2.80. The van der Waals surface area contributed by atoms with E-state index in [0.29, 0.717) is 21.6 Å². The molecule has 124 valence electrons. The van der Waals surface area contributed by atoms with Gasteiger partial charge in [0, 0.05) is 18.0 Å². The van der Waals surface area contributed by atoms with E-state index in [1.807, 2.05) is 0 Å². The maximum absolute atomic E-state index is 13.9. The van der Waals surface area contributed by atoms with E-state index in [1.54, 1.807) is 36.0 Å². The second-order valence-corrected chi connectivity index (χ2v) is 5.91. The van der Waals surface area contributed by atoms with Crippen LogP contribution in [0.15, 0.2) is 48.1 Å². The first-order valence-corrected chi connectivity index (χ1v) is 7.98. The van der Waals surface area contributed by atoms with Gasteiger partial charge in [-0.05, 0) is 35.7 Å². The lowest BCUT2D eigenvalue weighted by Gasteiger charge is -2.09. The molecule has 0 aliphatic rings. The first kappa shape index (κ1) is 15.5. The SMILES string of the molecule is Fc1ccc(Oc2nc(-c3ccncc3)nc3ccsc23)c(F)c1F. The molecule has 0 amide bonds. The van der Waals surface area contributed by atoms with Crippen molar-refractivity contribution >= 4 is 21.6 Å². The van der Waals surface area contributed by atoms with Crippen LogP contribution in [0.3, 0.4) is 0 Å². The second-order valence-electron chi connectivity index (χ2n) is 5.00. The molecule has 3 heterocycles. The molecule has 4 rings (SSSR count). The topological polar surface area (TPSA) is 47.9 Å². The summed E-state index contributed by atoms with van der Waals surface area (Å²) in [6.45, 7) is 0. The lowest BCUT2D eigenvalue weighted by Crippen LogP contribution is -1.98. The maximum Gasteiger partial charge on any atom is 0.241 e. The Kier molecular flexibility index (Phi) is 3.81. The Morgan fingerprint density at radius 2 is 1.68 bits per heavy atom. The van der Waals surface area contributed by atoms with Gasteiger partial charge in [0.15, 0.2) is 23.2 Å². The van der Waals surface area contributed by atoms with E-state index in [1.165, 1.54) is 11.3 Å². The van der Waals surface area contributed by atoms with Crippen LogP contribution in [0.25, 0.3) is 21.6 Å². The van der Waals surface area contributed by atoms with E-state index in [2.05, 4.69) is 15.0 Å². The zero-order valence-corrected chi connectivity index (χ0v) is 13.2. The summed E-state index contributed by atoms with van der Waals surface area (Å²) in [7, 11) is 0. The molecule has 0 radical (unpaired) electrons. The maximum atomic E-state index is 13.9. The number of aromatic nitrogens is 3. The summed E-state index contributed by atoms with van der Waals surface area (Å²) in [5.41, 5.74) is 1.29. The molecular weight excluding hydrogens is 351 g/mol. The fourth-order valence-electron chi connectivity index (χ4n) is 2.23. The summed E-state index contributed by atoms with van der Waals surface area (Å²) in [5, 5.41) is 1.78. The van der Waals surface area contributed by atoms with Crippen LogP contribution in [0.2, 0.25) is 0 Å². The van der Waals surface area contributed by atoms with Crippen LogP contribution in [0, 0.1) is 17.5 Å². The van der Waals surface area contributed by atoms with Crippen molar-refractivity contribution in [2.45, 2.75) is 0 Å². The Morgan fingerprint density at radius 1 is 0.880 bits per heavy atom. The Balaban J connectivity index is 1.84. The number of rotatable bonds is 3. The van der Waals surface area contributed by atoms with E-state index >= 15 is 0 Å². The van der Waals surface area contributed by atoms with Gasteiger partial charge in [-0.15, -0.1) is 11.3 Å². The van der Waals surface area contributed by atoms with Crippen molar-refractivity contribution in [1.82, 2.24) is 15.0 Å². The van der Waals surface area contributed by atoms with Crippen molar-refractivity contribution in [1.29, 1.82) is 0 Å². The number of nitrogens with zero attached hydrogens (tertiary/aromatic N) is 3.